The molecule has 1 atom stereocenters. The number of rotatable bonds is 6. The van der Waals surface area contributed by atoms with Gasteiger partial charge in [0.25, 0.3) is 0 Å². The zero-order valence-electron chi connectivity index (χ0n) is 16.8. The van der Waals surface area contributed by atoms with Crippen molar-refractivity contribution in [3.63, 3.8) is 0 Å². The molecule has 2 aliphatic heterocycles. The maximum absolute atomic E-state index is 12.4. The van der Waals surface area contributed by atoms with Gasteiger partial charge in [-0.3, -0.25) is 19.3 Å². The van der Waals surface area contributed by atoms with E-state index in [0.717, 1.165) is 71.0 Å². The van der Waals surface area contributed by atoms with Crippen LogP contribution in [0.25, 0.3) is 0 Å². The number of hydrogen-bond acceptors (Lipinski definition) is 5. The summed E-state index contributed by atoms with van der Waals surface area (Å²) in [6.07, 6.45) is 3.04. The van der Waals surface area contributed by atoms with Crippen LogP contribution in [0.3, 0.4) is 0 Å². The molecule has 146 valence electrons. The predicted molar refractivity (Wildman–Crippen MR) is 103 cm³/mol. The lowest BCUT2D eigenvalue weighted by molar-refractivity contribution is -0.140. The Morgan fingerprint density at radius 1 is 1.08 bits per heavy atom. The average molecular weight is 363 g/mol. The monoisotopic (exact) mass is 362 g/mol. The van der Waals surface area contributed by atoms with Gasteiger partial charge >= 0.3 is 0 Å². The van der Waals surface area contributed by atoms with E-state index >= 15 is 0 Å². The van der Waals surface area contributed by atoms with Gasteiger partial charge in [0.05, 0.1) is 18.3 Å². The molecule has 0 spiro atoms. The van der Waals surface area contributed by atoms with E-state index in [9.17, 15) is 4.79 Å². The molecule has 1 amide bonds. The lowest BCUT2D eigenvalue weighted by atomic mass is 10.1. The molecule has 26 heavy (non-hydrogen) atoms. The third kappa shape index (κ3) is 4.45. The van der Waals surface area contributed by atoms with Gasteiger partial charge in [0.2, 0.25) is 5.91 Å². The third-order valence-electron chi connectivity index (χ3n) is 5.87. The molecular weight excluding hydrogens is 328 g/mol. The predicted octanol–water partition coefficient (Wildman–Crippen LogP) is 0.492. The van der Waals surface area contributed by atoms with Gasteiger partial charge in [0, 0.05) is 71.2 Å². The van der Waals surface area contributed by atoms with Crippen LogP contribution in [0, 0.1) is 6.92 Å². The standard InChI is InChI=1S/C19H34N6O/c1-5-18-19(26)22(4)8-12-24(18)14-17-15-25(20-16(17)2)13-11-23-9-6-21(3)7-10-23/h15,18H,5-14H2,1-4H3/t18-/m0/s1. The quantitative estimate of drug-likeness (QED) is 0.737. The van der Waals surface area contributed by atoms with Gasteiger partial charge in [0.1, 0.15) is 0 Å². The Morgan fingerprint density at radius 3 is 2.50 bits per heavy atom. The van der Waals surface area contributed by atoms with E-state index in [1.165, 1.54) is 5.56 Å². The zero-order chi connectivity index (χ0) is 18.7. The molecule has 0 saturated carbocycles. The molecule has 0 radical (unpaired) electrons. The smallest absolute Gasteiger partial charge is 0.239 e. The Morgan fingerprint density at radius 2 is 1.81 bits per heavy atom. The highest BCUT2D eigenvalue weighted by atomic mass is 16.2. The van der Waals surface area contributed by atoms with Crippen LogP contribution in [0.5, 0.6) is 0 Å². The normalized spacial score (nSPS) is 23.8. The van der Waals surface area contributed by atoms with Crippen molar-refractivity contribution >= 4 is 5.91 Å². The Hall–Kier alpha value is -1.44. The van der Waals surface area contributed by atoms with E-state index in [0.29, 0.717) is 0 Å². The first-order valence-electron chi connectivity index (χ1n) is 9.90. The summed E-state index contributed by atoms with van der Waals surface area (Å²) in [5.41, 5.74) is 2.34. The third-order valence-corrected chi connectivity index (χ3v) is 5.87. The number of amides is 1. The van der Waals surface area contributed by atoms with Crippen LogP contribution in [-0.2, 0) is 17.9 Å². The fourth-order valence-corrected chi connectivity index (χ4v) is 3.94. The van der Waals surface area contributed by atoms with E-state index in [4.69, 9.17) is 5.10 Å². The van der Waals surface area contributed by atoms with Crippen LogP contribution < -0.4 is 0 Å². The topological polar surface area (TPSA) is 47.9 Å². The summed E-state index contributed by atoms with van der Waals surface area (Å²) in [6, 6.07) is 0.00170. The van der Waals surface area contributed by atoms with Gasteiger partial charge in [-0.25, -0.2) is 0 Å². The van der Waals surface area contributed by atoms with Crippen molar-refractivity contribution in [2.24, 2.45) is 0 Å². The zero-order valence-corrected chi connectivity index (χ0v) is 16.8. The Bertz CT molecular complexity index is 607. The summed E-state index contributed by atoms with van der Waals surface area (Å²) in [7, 11) is 4.09. The highest BCUT2D eigenvalue weighted by Gasteiger charge is 2.31. The van der Waals surface area contributed by atoms with Crippen LogP contribution in [0.2, 0.25) is 0 Å². The molecule has 2 aliphatic rings. The largest absolute Gasteiger partial charge is 0.343 e. The molecule has 0 aliphatic carbocycles. The van der Waals surface area contributed by atoms with Gasteiger partial charge in [-0.2, -0.15) is 5.10 Å². The highest BCUT2D eigenvalue weighted by Crippen LogP contribution is 2.18. The number of likely N-dealkylation sites (N-methyl/N-ethyl adjacent to an activating group) is 2. The van der Waals surface area contributed by atoms with Gasteiger partial charge in [-0.15, -0.1) is 0 Å². The molecule has 7 heteroatoms. The van der Waals surface area contributed by atoms with E-state index < -0.39 is 0 Å². The van der Waals surface area contributed by atoms with Crippen LogP contribution in [0.4, 0.5) is 0 Å². The molecule has 3 heterocycles. The highest BCUT2D eigenvalue weighted by molar-refractivity contribution is 5.82. The molecule has 0 aromatic carbocycles. The van der Waals surface area contributed by atoms with Crippen molar-refractivity contribution in [2.45, 2.75) is 39.4 Å². The fraction of sp³-hybridized carbons (Fsp3) is 0.789. The SMILES string of the molecule is CC[C@H]1C(=O)N(C)CCN1Cc1cn(CCN2CCN(C)CC2)nc1C. The van der Waals surface area contributed by atoms with Crippen LogP contribution >= 0.6 is 0 Å². The van der Waals surface area contributed by atoms with Crippen LogP contribution in [0.1, 0.15) is 24.6 Å². The van der Waals surface area contributed by atoms with Crippen molar-refractivity contribution in [1.82, 2.24) is 29.4 Å². The average Bonchev–Trinajstić information content (AvgIpc) is 2.98. The summed E-state index contributed by atoms with van der Waals surface area (Å²) >= 11 is 0. The fourth-order valence-electron chi connectivity index (χ4n) is 3.94. The second-order valence-electron chi connectivity index (χ2n) is 7.80. The molecule has 1 aromatic heterocycles. The molecule has 0 bridgehead atoms. The maximum atomic E-state index is 12.4. The summed E-state index contributed by atoms with van der Waals surface area (Å²) in [5.74, 6) is 0.249. The van der Waals surface area contributed by atoms with Crippen LogP contribution in [0.15, 0.2) is 6.20 Å². The minimum absolute atomic E-state index is 0.00170. The number of nitrogens with zero attached hydrogens (tertiary/aromatic N) is 6. The van der Waals surface area contributed by atoms with Gasteiger partial charge in [0.15, 0.2) is 0 Å². The summed E-state index contributed by atoms with van der Waals surface area (Å²) in [4.78, 5) is 21.5. The summed E-state index contributed by atoms with van der Waals surface area (Å²) in [6.45, 7) is 13.3. The number of aromatic nitrogens is 2. The second-order valence-corrected chi connectivity index (χ2v) is 7.80. The van der Waals surface area contributed by atoms with Crippen molar-refractivity contribution in [1.29, 1.82) is 0 Å². The number of carbonyl (C=O) groups is 1. The minimum atomic E-state index is 0.00170. The molecule has 3 rings (SSSR count). The maximum Gasteiger partial charge on any atom is 0.239 e. The first kappa shape index (κ1) is 19.3. The Balaban J connectivity index is 1.57. The van der Waals surface area contributed by atoms with E-state index in [1.54, 1.807) is 0 Å². The number of piperazine rings is 2. The first-order chi connectivity index (χ1) is 12.5. The Kier molecular flexibility index (Phi) is 6.32. The second kappa shape index (κ2) is 8.50. The molecule has 0 unspecified atom stereocenters. The molecule has 1 aromatic rings. The molecule has 0 N–H and O–H groups in total. The van der Waals surface area contributed by atoms with Crippen molar-refractivity contribution in [2.75, 3.05) is 59.9 Å². The van der Waals surface area contributed by atoms with Crippen molar-refractivity contribution < 1.29 is 4.79 Å². The lowest BCUT2D eigenvalue weighted by Crippen LogP contribution is -2.54. The van der Waals surface area contributed by atoms with Gasteiger partial charge < -0.3 is 9.80 Å². The molecule has 7 nitrogen and oxygen atoms in total. The van der Waals surface area contributed by atoms with E-state index in [-0.39, 0.29) is 11.9 Å². The molecular formula is C19H34N6O. The van der Waals surface area contributed by atoms with E-state index in [1.807, 2.05) is 11.9 Å². The number of carbonyl (C=O) groups excluding carboxylic acids is 1. The van der Waals surface area contributed by atoms with Crippen molar-refractivity contribution in [3.05, 3.63) is 17.5 Å². The lowest BCUT2D eigenvalue weighted by Gasteiger charge is -2.38. The van der Waals surface area contributed by atoms with Gasteiger partial charge in [-0.1, -0.05) is 6.92 Å². The first-order valence-corrected chi connectivity index (χ1v) is 9.90. The van der Waals surface area contributed by atoms with Gasteiger partial charge in [-0.05, 0) is 20.4 Å². The summed E-state index contributed by atoms with van der Waals surface area (Å²) < 4.78 is 2.09. The number of hydrogen-bond donors (Lipinski definition) is 0. The minimum Gasteiger partial charge on any atom is -0.343 e. The van der Waals surface area contributed by atoms with Crippen LogP contribution in [-0.4, -0.2) is 101 Å². The summed E-state index contributed by atoms with van der Waals surface area (Å²) in [5, 5.41) is 4.72. The Labute approximate surface area is 157 Å². The molecule has 2 saturated heterocycles. The van der Waals surface area contributed by atoms with E-state index in [2.05, 4.69) is 46.5 Å². The van der Waals surface area contributed by atoms with Crippen molar-refractivity contribution in [3.8, 4) is 0 Å². The molecule has 2 fully saturated rings. The number of aryl methyl sites for hydroxylation is 1.